The normalized spacial score (nSPS) is 15.6. The Kier molecular flexibility index (Phi) is 5.40. The fraction of sp³-hybridized carbons (Fsp3) is 0.611. The lowest BCUT2D eigenvalue weighted by atomic mass is 9.82. The van der Waals surface area contributed by atoms with Crippen molar-refractivity contribution in [1.82, 2.24) is 4.90 Å². The Morgan fingerprint density at radius 1 is 1.29 bits per heavy atom. The molecule has 21 heavy (non-hydrogen) atoms. The number of benzene rings is 1. The van der Waals surface area contributed by atoms with Crippen LogP contribution in [-0.4, -0.2) is 28.1 Å². The van der Waals surface area contributed by atoms with Crippen LogP contribution in [0.3, 0.4) is 0 Å². The summed E-state index contributed by atoms with van der Waals surface area (Å²) < 4.78 is 0. The molecule has 1 aromatic rings. The van der Waals surface area contributed by atoms with Gasteiger partial charge in [0.25, 0.3) is 0 Å². The van der Waals surface area contributed by atoms with Crippen LogP contribution in [0.4, 0.5) is 0 Å². The smallest absolute Gasteiger partial charge is 0.222 e. The predicted molar refractivity (Wildman–Crippen MR) is 84.7 cm³/mol. The van der Waals surface area contributed by atoms with Crippen molar-refractivity contribution in [2.45, 2.75) is 58.1 Å². The quantitative estimate of drug-likeness (QED) is 0.836. The number of hydrogen-bond donors (Lipinski definition) is 1. The Morgan fingerprint density at radius 2 is 1.95 bits per heavy atom. The number of nitrogens with zero attached hydrogens (tertiary/aromatic N) is 1. The lowest BCUT2D eigenvalue weighted by molar-refractivity contribution is -0.135. The van der Waals surface area contributed by atoms with Gasteiger partial charge in [-0.2, -0.15) is 0 Å². The molecule has 1 aliphatic rings. The Bertz CT molecular complexity index is 446. The molecule has 1 fully saturated rings. The third-order valence-corrected chi connectivity index (χ3v) is 4.14. The van der Waals surface area contributed by atoms with Crippen LogP contribution >= 0.6 is 0 Å². The largest absolute Gasteiger partial charge is 0.389 e. The minimum atomic E-state index is -0.860. The first-order chi connectivity index (χ1) is 9.94. The fourth-order valence-corrected chi connectivity index (χ4v) is 2.77. The van der Waals surface area contributed by atoms with E-state index in [0.717, 1.165) is 17.9 Å². The average Bonchev–Trinajstić information content (AvgIpc) is 2.35. The van der Waals surface area contributed by atoms with Crippen molar-refractivity contribution in [2.75, 3.05) is 6.54 Å². The second-order valence-electron chi connectivity index (χ2n) is 6.88. The Hall–Kier alpha value is -1.35. The van der Waals surface area contributed by atoms with Crippen molar-refractivity contribution in [1.29, 1.82) is 0 Å². The molecule has 0 atom stereocenters. The van der Waals surface area contributed by atoms with E-state index in [-0.39, 0.29) is 5.91 Å². The lowest BCUT2D eigenvalue weighted by Crippen LogP contribution is -2.42. The summed E-state index contributed by atoms with van der Waals surface area (Å²) in [4.78, 5) is 14.3. The zero-order chi connectivity index (χ0) is 15.3. The molecule has 2 rings (SSSR count). The number of carbonyl (C=O) groups excluding carboxylic acids is 1. The number of carbonyl (C=O) groups is 1. The minimum Gasteiger partial charge on any atom is -0.389 e. The number of hydrogen-bond acceptors (Lipinski definition) is 2. The van der Waals surface area contributed by atoms with E-state index in [0.29, 0.717) is 19.5 Å². The summed E-state index contributed by atoms with van der Waals surface area (Å²) in [5.74, 6) is 0.905. The summed E-state index contributed by atoms with van der Waals surface area (Å²) in [6.07, 6.45) is 5.47. The maximum Gasteiger partial charge on any atom is 0.222 e. The molecule has 0 aromatic heterocycles. The van der Waals surface area contributed by atoms with E-state index in [2.05, 4.69) is 0 Å². The highest BCUT2D eigenvalue weighted by molar-refractivity contribution is 5.76. The maximum absolute atomic E-state index is 12.5. The van der Waals surface area contributed by atoms with Crippen LogP contribution in [0, 0.1) is 5.92 Å². The number of amides is 1. The summed E-state index contributed by atoms with van der Waals surface area (Å²) in [5, 5.41) is 10.1. The van der Waals surface area contributed by atoms with Crippen molar-refractivity contribution in [3.05, 3.63) is 35.9 Å². The lowest BCUT2D eigenvalue weighted by Gasteiger charge is -2.31. The summed E-state index contributed by atoms with van der Waals surface area (Å²) in [7, 11) is 0. The predicted octanol–water partition coefficient (Wildman–Crippen LogP) is 3.37. The molecule has 0 unspecified atom stereocenters. The Balaban J connectivity index is 1.94. The first kappa shape index (κ1) is 16.0. The summed E-state index contributed by atoms with van der Waals surface area (Å²) in [5.41, 5.74) is 0.250. The van der Waals surface area contributed by atoms with Crippen LogP contribution in [0.5, 0.6) is 0 Å². The first-order valence-electron chi connectivity index (χ1n) is 7.98. The van der Waals surface area contributed by atoms with E-state index in [1.54, 1.807) is 18.7 Å². The van der Waals surface area contributed by atoms with Crippen LogP contribution in [0.15, 0.2) is 30.3 Å². The average molecular weight is 289 g/mol. The molecular formula is C18H27NO2. The molecule has 1 N–H and O–H groups in total. The van der Waals surface area contributed by atoms with Gasteiger partial charge in [0.2, 0.25) is 5.91 Å². The molecule has 0 spiro atoms. The minimum absolute atomic E-state index is 0.160. The third kappa shape index (κ3) is 5.50. The zero-order valence-corrected chi connectivity index (χ0v) is 13.2. The molecule has 116 valence electrons. The zero-order valence-electron chi connectivity index (χ0n) is 13.2. The molecule has 3 heteroatoms. The van der Waals surface area contributed by atoms with E-state index in [1.165, 1.54) is 19.3 Å². The molecule has 3 nitrogen and oxygen atoms in total. The van der Waals surface area contributed by atoms with Crippen LogP contribution < -0.4 is 0 Å². The molecule has 0 aliphatic heterocycles. The van der Waals surface area contributed by atoms with Crippen molar-refractivity contribution < 1.29 is 9.90 Å². The van der Waals surface area contributed by atoms with E-state index >= 15 is 0 Å². The van der Waals surface area contributed by atoms with Gasteiger partial charge >= 0.3 is 0 Å². The van der Waals surface area contributed by atoms with Gasteiger partial charge < -0.3 is 10.0 Å². The Labute approximate surface area is 128 Å². The van der Waals surface area contributed by atoms with Gasteiger partial charge in [-0.3, -0.25) is 4.79 Å². The summed E-state index contributed by atoms with van der Waals surface area (Å²) in [6.45, 7) is 4.47. The highest BCUT2D eigenvalue weighted by Crippen LogP contribution is 2.30. The molecule has 0 bridgehead atoms. The van der Waals surface area contributed by atoms with Crippen LogP contribution in [0.1, 0.15) is 51.5 Å². The molecule has 1 saturated carbocycles. The third-order valence-electron chi connectivity index (χ3n) is 4.14. The van der Waals surface area contributed by atoms with Gasteiger partial charge in [-0.15, -0.1) is 0 Å². The van der Waals surface area contributed by atoms with Gasteiger partial charge in [0, 0.05) is 19.5 Å². The highest BCUT2D eigenvalue weighted by Gasteiger charge is 2.24. The van der Waals surface area contributed by atoms with E-state index in [4.69, 9.17) is 0 Å². The number of rotatable bonds is 7. The molecular weight excluding hydrogens is 262 g/mol. The molecule has 1 aromatic carbocycles. The highest BCUT2D eigenvalue weighted by atomic mass is 16.3. The van der Waals surface area contributed by atoms with Crippen molar-refractivity contribution >= 4 is 5.91 Å². The topological polar surface area (TPSA) is 40.5 Å². The number of aliphatic hydroxyl groups is 1. The summed E-state index contributed by atoms with van der Waals surface area (Å²) >= 11 is 0. The first-order valence-corrected chi connectivity index (χ1v) is 7.98. The fourth-order valence-electron chi connectivity index (χ4n) is 2.77. The Morgan fingerprint density at radius 3 is 2.48 bits per heavy atom. The van der Waals surface area contributed by atoms with Gasteiger partial charge in [-0.1, -0.05) is 49.6 Å². The van der Waals surface area contributed by atoms with Gasteiger partial charge in [-0.25, -0.2) is 0 Å². The van der Waals surface area contributed by atoms with E-state index in [1.807, 2.05) is 30.3 Å². The van der Waals surface area contributed by atoms with Crippen LogP contribution in [0.2, 0.25) is 0 Å². The van der Waals surface area contributed by atoms with Gasteiger partial charge in [0.05, 0.1) is 5.60 Å². The second-order valence-corrected chi connectivity index (χ2v) is 6.88. The summed E-state index contributed by atoms with van der Waals surface area (Å²) in [6, 6.07) is 9.99. The van der Waals surface area contributed by atoms with Crippen molar-refractivity contribution in [3.63, 3.8) is 0 Å². The van der Waals surface area contributed by atoms with Gasteiger partial charge in [0.1, 0.15) is 0 Å². The molecule has 1 aliphatic carbocycles. The van der Waals surface area contributed by atoms with Crippen LogP contribution in [-0.2, 0) is 11.3 Å². The van der Waals surface area contributed by atoms with Gasteiger partial charge in [0.15, 0.2) is 0 Å². The maximum atomic E-state index is 12.5. The molecule has 0 radical (unpaired) electrons. The van der Waals surface area contributed by atoms with Gasteiger partial charge in [-0.05, 0) is 31.7 Å². The van der Waals surface area contributed by atoms with Crippen LogP contribution in [0.25, 0.3) is 0 Å². The monoisotopic (exact) mass is 289 g/mol. The molecule has 0 heterocycles. The second kappa shape index (κ2) is 7.08. The van der Waals surface area contributed by atoms with Crippen molar-refractivity contribution in [3.8, 4) is 0 Å². The van der Waals surface area contributed by atoms with E-state index in [9.17, 15) is 9.90 Å². The molecule has 1 amide bonds. The molecule has 0 saturated heterocycles. The standard InChI is InChI=1S/C18H27NO2/c1-18(2,21)14-19(13-16-7-4-3-5-8-16)17(20)12-11-15-9-6-10-15/h3-5,7-8,15,21H,6,9-14H2,1-2H3. The SMILES string of the molecule is CC(C)(O)CN(Cc1ccccc1)C(=O)CCC1CCC1. The van der Waals surface area contributed by atoms with E-state index < -0.39 is 5.60 Å². The van der Waals surface area contributed by atoms with Crippen molar-refractivity contribution in [2.24, 2.45) is 5.92 Å².